The average Bonchev–Trinajstić information content (AvgIpc) is 3.10. The van der Waals surface area contributed by atoms with E-state index >= 15 is 0 Å². The molecule has 0 unspecified atom stereocenters. The van der Waals surface area contributed by atoms with Crippen LogP contribution in [0.2, 0.25) is 0 Å². The molecule has 3 atom stereocenters. The van der Waals surface area contributed by atoms with Crippen molar-refractivity contribution in [2.24, 2.45) is 17.6 Å². The highest BCUT2D eigenvalue weighted by Crippen LogP contribution is 2.31. The van der Waals surface area contributed by atoms with Gasteiger partial charge in [-0.15, -0.1) is 0 Å². The van der Waals surface area contributed by atoms with Gasteiger partial charge in [-0.3, -0.25) is 4.79 Å². The predicted molar refractivity (Wildman–Crippen MR) is 191 cm³/mol. The molecule has 0 aliphatic carbocycles. The van der Waals surface area contributed by atoms with Gasteiger partial charge in [0.2, 0.25) is 15.9 Å². The van der Waals surface area contributed by atoms with Crippen LogP contribution in [0.25, 0.3) is 0 Å². The van der Waals surface area contributed by atoms with Gasteiger partial charge >= 0.3 is 6.09 Å². The van der Waals surface area contributed by atoms with Gasteiger partial charge in [0.1, 0.15) is 0 Å². The third-order valence-corrected chi connectivity index (χ3v) is 10.9. The van der Waals surface area contributed by atoms with Crippen molar-refractivity contribution in [2.45, 2.75) is 88.9 Å². The van der Waals surface area contributed by atoms with Gasteiger partial charge in [-0.1, -0.05) is 100 Å². The largest absolute Gasteiger partial charge is 0.452 e. The van der Waals surface area contributed by atoms with Crippen molar-refractivity contribution in [2.75, 3.05) is 20.3 Å². The Morgan fingerprint density at radius 1 is 0.816 bits per heavy atom. The maximum Gasteiger partial charge on any atom is 0.416 e. The summed E-state index contributed by atoms with van der Waals surface area (Å²) in [5.74, 6) is -1.06. The number of hydrogen-bond donors (Lipinski definition) is 3. The summed E-state index contributed by atoms with van der Waals surface area (Å²) >= 11 is 0. The Morgan fingerprint density at radius 2 is 1.37 bits per heavy atom. The normalized spacial score (nSPS) is 13.9. The molecule has 268 valence electrons. The molecule has 4 N–H and O–H groups in total. The van der Waals surface area contributed by atoms with E-state index in [0.29, 0.717) is 24.8 Å². The molecular formula is C38H53N3O7S. The van der Waals surface area contributed by atoms with Crippen LogP contribution in [0, 0.1) is 11.8 Å². The second kappa shape index (κ2) is 19.0. The molecular weight excluding hydrogens is 642 g/mol. The van der Waals surface area contributed by atoms with Crippen LogP contribution in [0.3, 0.4) is 0 Å². The number of carbonyl (C=O) groups is 2. The number of sulfonamides is 1. The first kappa shape index (κ1) is 39.8. The Labute approximate surface area is 291 Å². The van der Waals surface area contributed by atoms with Crippen LogP contribution in [-0.2, 0) is 26.2 Å². The number of imide groups is 1. The van der Waals surface area contributed by atoms with Crippen LogP contribution in [0.5, 0.6) is 0 Å². The third kappa shape index (κ3) is 10.4. The SMILES string of the molecule is COC(=O)N(C(=O)[C@@H](N)C(c1ccccc1)c1ccccc1)[C@H](CCC[C@@H](CO)N(CCC(C)C)S(=O)(=O)c1ccc(CO)cc1)C(C)C. The average molecular weight is 696 g/mol. The summed E-state index contributed by atoms with van der Waals surface area (Å²) in [5.41, 5.74) is 9.01. The van der Waals surface area contributed by atoms with E-state index in [1.807, 2.05) is 88.4 Å². The first-order valence-corrected chi connectivity index (χ1v) is 18.4. The van der Waals surface area contributed by atoms with E-state index in [1.54, 1.807) is 12.1 Å². The number of carbonyl (C=O) groups excluding carboxylic acids is 2. The number of aliphatic hydroxyl groups is 2. The van der Waals surface area contributed by atoms with Gasteiger partial charge in [0.05, 0.1) is 31.3 Å². The summed E-state index contributed by atoms with van der Waals surface area (Å²) in [6.45, 7) is 7.43. The Morgan fingerprint density at radius 3 is 1.82 bits per heavy atom. The van der Waals surface area contributed by atoms with E-state index in [2.05, 4.69) is 0 Å². The number of amides is 2. The maximum absolute atomic E-state index is 14.3. The Balaban J connectivity index is 1.89. The monoisotopic (exact) mass is 695 g/mol. The van der Waals surface area contributed by atoms with Crippen LogP contribution in [0.15, 0.2) is 89.8 Å². The van der Waals surface area contributed by atoms with Gasteiger partial charge in [0, 0.05) is 24.5 Å². The summed E-state index contributed by atoms with van der Waals surface area (Å²) in [6.07, 6.45) is 0.808. The van der Waals surface area contributed by atoms with Crippen molar-refractivity contribution in [3.05, 3.63) is 102 Å². The van der Waals surface area contributed by atoms with E-state index in [9.17, 15) is 28.2 Å². The van der Waals surface area contributed by atoms with E-state index < -0.39 is 52.7 Å². The lowest BCUT2D eigenvalue weighted by Crippen LogP contribution is -2.55. The summed E-state index contributed by atoms with van der Waals surface area (Å²) in [4.78, 5) is 28.8. The molecule has 11 heteroatoms. The molecule has 0 fully saturated rings. The number of nitrogens with two attached hydrogens (primary N) is 1. The molecule has 0 aliphatic heterocycles. The molecule has 0 aromatic heterocycles. The van der Waals surface area contributed by atoms with Crippen LogP contribution in [0.1, 0.15) is 76.0 Å². The molecule has 0 spiro atoms. The number of ether oxygens (including phenoxy) is 1. The van der Waals surface area contributed by atoms with Gasteiger partial charge in [0.25, 0.3) is 0 Å². The number of aliphatic hydroxyl groups excluding tert-OH is 2. The topological polar surface area (TPSA) is 150 Å². The highest BCUT2D eigenvalue weighted by Gasteiger charge is 2.39. The molecule has 3 rings (SSSR count). The molecule has 0 radical (unpaired) electrons. The zero-order chi connectivity index (χ0) is 36.1. The van der Waals surface area contributed by atoms with Crippen molar-refractivity contribution < 1.29 is 33.0 Å². The zero-order valence-corrected chi connectivity index (χ0v) is 30.1. The van der Waals surface area contributed by atoms with E-state index in [4.69, 9.17) is 10.5 Å². The second-order valence-corrected chi connectivity index (χ2v) is 15.1. The van der Waals surface area contributed by atoms with Crippen LogP contribution in [0.4, 0.5) is 4.79 Å². The fraction of sp³-hybridized carbons (Fsp3) is 0.474. The number of rotatable bonds is 18. The standard InChI is InChI=1S/C38H53N3O7S/c1-27(2)23-24-40(49(46,47)33-21-19-29(25-42)20-22-33)32(26-43)17-12-18-34(28(3)4)41(38(45)48-5)37(44)36(39)35(30-13-8-6-9-14-30)31-15-10-7-11-16-31/h6-11,13-16,19-22,27-28,32,34-36,42-43H,12,17-18,23-26,39H2,1-5H3/t32-,34+,36-/m0/s1. The van der Waals surface area contributed by atoms with Crippen LogP contribution < -0.4 is 5.73 Å². The quantitative estimate of drug-likeness (QED) is 0.157. The van der Waals surface area contributed by atoms with Gasteiger partial charge in [0.15, 0.2) is 0 Å². The molecule has 0 saturated heterocycles. The highest BCUT2D eigenvalue weighted by atomic mass is 32.2. The molecule has 0 aliphatic rings. The smallest absolute Gasteiger partial charge is 0.416 e. The predicted octanol–water partition coefficient (Wildman–Crippen LogP) is 5.53. The lowest BCUT2D eigenvalue weighted by atomic mass is 9.84. The van der Waals surface area contributed by atoms with Crippen molar-refractivity contribution >= 4 is 22.0 Å². The van der Waals surface area contributed by atoms with Gasteiger partial charge in [-0.25, -0.2) is 18.1 Å². The fourth-order valence-electron chi connectivity index (χ4n) is 6.15. The Kier molecular flexibility index (Phi) is 15.4. The summed E-state index contributed by atoms with van der Waals surface area (Å²) in [7, 11) is -2.76. The van der Waals surface area contributed by atoms with Gasteiger partial charge in [-0.2, -0.15) is 4.31 Å². The maximum atomic E-state index is 14.3. The molecule has 2 amide bonds. The van der Waals surface area contributed by atoms with Gasteiger partial charge < -0.3 is 20.7 Å². The minimum atomic E-state index is -3.98. The van der Waals surface area contributed by atoms with Crippen molar-refractivity contribution in [3.63, 3.8) is 0 Å². The lowest BCUT2D eigenvalue weighted by Gasteiger charge is -2.36. The first-order chi connectivity index (χ1) is 23.4. The minimum Gasteiger partial charge on any atom is -0.452 e. The van der Waals surface area contributed by atoms with Crippen LogP contribution in [-0.4, -0.2) is 78.2 Å². The summed E-state index contributed by atoms with van der Waals surface area (Å²) < 4.78 is 34.2. The molecule has 49 heavy (non-hydrogen) atoms. The number of hydrogen-bond acceptors (Lipinski definition) is 8. The summed E-state index contributed by atoms with van der Waals surface area (Å²) in [5, 5.41) is 19.9. The summed E-state index contributed by atoms with van der Waals surface area (Å²) in [6, 6.07) is 22.5. The van der Waals surface area contributed by atoms with Crippen molar-refractivity contribution in [1.82, 2.24) is 9.21 Å². The minimum absolute atomic E-state index is 0.0785. The number of nitrogens with zero attached hydrogens (tertiary/aromatic N) is 2. The van der Waals surface area contributed by atoms with Crippen LogP contribution >= 0.6 is 0 Å². The zero-order valence-electron chi connectivity index (χ0n) is 29.3. The molecule has 3 aromatic rings. The number of benzene rings is 3. The van der Waals surface area contributed by atoms with Crippen molar-refractivity contribution in [1.29, 1.82) is 0 Å². The van der Waals surface area contributed by atoms with E-state index in [1.165, 1.54) is 23.5 Å². The molecule has 10 nitrogen and oxygen atoms in total. The Bertz CT molecular complexity index is 1510. The lowest BCUT2D eigenvalue weighted by molar-refractivity contribution is -0.134. The number of methoxy groups -OCH3 is 1. The van der Waals surface area contributed by atoms with E-state index in [0.717, 1.165) is 16.0 Å². The van der Waals surface area contributed by atoms with E-state index in [-0.39, 0.29) is 36.3 Å². The molecule has 0 saturated carbocycles. The van der Waals surface area contributed by atoms with Gasteiger partial charge in [-0.05, 0) is 66.3 Å². The molecule has 3 aromatic carbocycles. The second-order valence-electron chi connectivity index (χ2n) is 13.2. The third-order valence-electron chi connectivity index (χ3n) is 8.97. The Hall–Kier alpha value is -3.61. The fourth-order valence-corrected chi connectivity index (χ4v) is 7.82. The first-order valence-electron chi connectivity index (χ1n) is 17.0. The highest BCUT2D eigenvalue weighted by molar-refractivity contribution is 7.89. The molecule has 0 heterocycles. The van der Waals surface area contributed by atoms with Crippen molar-refractivity contribution in [3.8, 4) is 0 Å². The molecule has 0 bridgehead atoms.